The summed E-state index contributed by atoms with van der Waals surface area (Å²) in [5, 5.41) is 17.2. The third kappa shape index (κ3) is 5.39. The van der Waals surface area contributed by atoms with E-state index in [0.29, 0.717) is 30.4 Å². The van der Waals surface area contributed by atoms with Gasteiger partial charge in [-0.15, -0.1) is 5.10 Å². The van der Waals surface area contributed by atoms with Crippen LogP contribution in [0.25, 0.3) is 0 Å². The zero-order chi connectivity index (χ0) is 19.8. The van der Waals surface area contributed by atoms with Gasteiger partial charge in [0.05, 0.1) is 12.2 Å². The van der Waals surface area contributed by atoms with Crippen molar-refractivity contribution in [3.05, 3.63) is 47.3 Å². The highest BCUT2D eigenvalue weighted by Gasteiger charge is 2.18. The Bertz CT molecular complexity index is 780. The van der Waals surface area contributed by atoms with Gasteiger partial charge in [-0.05, 0) is 50.0 Å². The van der Waals surface area contributed by atoms with Crippen LogP contribution >= 0.6 is 0 Å². The van der Waals surface area contributed by atoms with E-state index in [1.54, 1.807) is 23.0 Å². The molecule has 8 nitrogen and oxygen atoms in total. The zero-order valence-corrected chi connectivity index (χ0v) is 16.3. The maximum absolute atomic E-state index is 12.3. The fraction of sp³-hybridized carbons (Fsp3) is 0.500. The fourth-order valence-corrected chi connectivity index (χ4v) is 3.16. The van der Waals surface area contributed by atoms with Gasteiger partial charge in [-0.2, -0.15) is 0 Å². The number of aromatic nitrogens is 3. The van der Waals surface area contributed by atoms with Gasteiger partial charge in [-0.3, -0.25) is 9.59 Å². The van der Waals surface area contributed by atoms with Crippen LogP contribution in [0.2, 0.25) is 0 Å². The number of amides is 2. The molecule has 1 fully saturated rings. The van der Waals surface area contributed by atoms with Crippen molar-refractivity contribution in [2.24, 2.45) is 0 Å². The van der Waals surface area contributed by atoms with E-state index in [1.165, 1.54) is 0 Å². The maximum Gasteiger partial charge on any atom is 0.273 e. The number of carbonyl (C=O) groups is 2. The molecule has 1 aliphatic heterocycles. The van der Waals surface area contributed by atoms with Crippen LogP contribution in [0.1, 0.15) is 65.1 Å². The smallest absolute Gasteiger partial charge is 0.273 e. The van der Waals surface area contributed by atoms with Crippen LogP contribution < -0.4 is 16.0 Å². The van der Waals surface area contributed by atoms with Crippen LogP contribution in [0, 0.1) is 0 Å². The first kappa shape index (κ1) is 20.0. The number of carbonyl (C=O) groups excluding carboxylic acids is 2. The molecule has 0 spiro atoms. The first-order valence-corrected chi connectivity index (χ1v) is 9.95. The van der Waals surface area contributed by atoms with Gasteiger partial charge in [0.1, 0.15) is 0 Å². The van der Waals surface area contributed by atoms with E-state index in [-0.39, 0.29) is 11.8 Å². The molecule has 1 saturated heterocycles. The van der Waals surface area contributed by atoms with Gasteiger partial charge in [0, 0.05) is 18.7 Å². The topological polar surface area (TPSA) is 101 Å². The molecule has 3 N–H and O–H groups in total. The first-order chi connectivity index (χ1) is 13.7. The Morgan fingerprint density at radius 2 is 1.89 bits per heavy atom. The molecule has 1 aromatic heterocycles. The fourth-order valence-electron chi connectivity index (χ4n) is 3.16. The summed E-state index contributed by atoms with van der Waals surface area (Å²) < 4.78 is 1.79. The molecule has 0 bridgehead atoms. The standard InChI is InChI=1S/C20H28N6O2/c1-2-3-10-22-19(27)16-6-4-15(5-7-16)13-23-20(28)18-14-26(25-24-18)17-8-11-21-12-9-17/h4-7,14,17,21H,2-3,8-13H2,1H3,(H,22,27)(H,23,28). The molecule has 2 heterocycles. The Morgan fingerprint density at radius 1 is 1.14 bits per heavy atom. The summed E-state index contributed by atoms with van der Waals surface area (Å²) in [4.78, 5) is 24.3. The minimum atomic E-state index is -0.249. The number of hydrogen-bond acceptors (Lipinski definition) is 5. The van der Waals surface area contributed by atoms with E-state index >= 15 is 0 Å². The van der Waals surface area contributed by atoms with E-state index in [2.05, 4.69) is 33.2 Å². The van der Waals surface area contributed by atoms with Crippen LogP contribution in [-0.4, -0.2) is 46.4 Å². The SMILES string of the molecule is CCCCNC(=O)c1ccc(CNC(=O)c2cn(C3CCNCC3)nn2)cc1. The van der Waals surface area contributed by atoms with Gasteiger partial charge in [-0.25, -0.2) is 4.68 Å². The summed E-state index contributed by atoms with van der Waals surface area (Å²) in [5.74, 6) is -0.319. The highest BCUT2D eigenvalue weighted by Crippen LogP contribution is 2.17. The van der Waals surface area contributed by atoms with E-state index in [1.807, 2.05) is 12.1 Å². The molecule has 8 heteroatoms. The number of rotatable bonds is 8. The normalized spacial score (nSPS) is 14.6. The van der Waals surface area contributed by atoms with E-state index < -0.39 is 0 Å². The Hall–Kier alpha value is -2.74. The second-order valence-electron chi connectivity index (χ2n) is 7.05. The monoisotopic (exact) mass is 384 g/mol. The van der Waals surface area contributed by atoms with Crippen molar-refractivity contribution in [3.63, 3.8) is 0 Å². The van der Waals surface area contributed by atoms with Gasteiger partial charge in [0.2, 0.25) is 0 Å². The average Bonchev–Trinajstić information content (AvgIpc) is 3.23. The maximum atomic E-state index is 12.3. The molecule has 0 aliphatic carbocycles. The van der Waals surface area contributed by atoms with Crippen molar-refractivity contribution in [1.82, 2.24) is 30.9 Å². The third-order valence-corrected chi connectivity index (χ3v) is 4.91. The highest BCUT2D eigenvalue weighted by atomic mass is 16.2. The van der Waals surface area contributed by atoms with Gasteiger partial charge in [0.15, 0.2) is 5.69 Å². The predicted octanol–water partition coefficient (Wildman–Crippen LogP) is 1.66. The molecule has 2 aromatic rings. The van der Waals surface area contributed by atoms with Crippen LogP contribution in [0.5, 0.6) is 0 Å². The van der Waals surface area contributed by atoms with Crippen molar-refractivity contribution in [1.29, 1.82) is 0 Å². The van der Waals surface area contributed by atoms with E-state index in [0.717, 1.165) is 44.3 Å². The van der Waals surface area contributed by atoms with Crippen LogP contribution in [-0.2, 0) is 6.54 Å². The lowest BCUT2D eigenvalue weighted by molar-refractivity contribution is 0.0939. The lowest BCUT2D eigenvalue weighted by Gasteiger charge is -2.22. The van der Waals surface area contributed by atoms with Crippen molar-refractivity contribution in [2.45, 2.75) is 45.2 Å². The van der Waals surface area contributed by atoms with Gasteiger partial charge in [-0.1, -0.05) is 30.7 Å². The molecule has 0 radical (unpaired) electrons. The summed E-state index contributed by atoms with van der Waals surface area (Å²) in [5.41, 5.74) is 1.87. The third-order valence-electron chi connectivity index (χ3n) is 4.91. The summed E-state index contributed by atoms with van der Waals surface area (Å²) in [6.07, 6.45) is 5.71. The Balaban J connectivity index is 1.49. The molecule has 3 rings (SSSR count). The Kier molecular flexibility index (Phi) is 7.13. The van der Waals surface area contributed by atoms with Gasteiger partial charge in [0.25, 0.3) is 11.8 Å². The minimum absolute atomic E-state index is 0.0708. The number of nitrogens with one attached hydrogen (secondary N) is 3. The second-order valence-corrected chi connectivity index (χ2v) is 7.05. The Morgan fingerprint density at radius 3 is 2.61 bits per heavy atom. The zero-order valence-electron chi connectivity index (χ0n) is 16.3. The van der Waals surface area contributed by atoms with Crippen molar-refractivity contribution in [2.75, 3.05) is 19.6 Å². The van der Waals surface area contributed by atoms with Crippen molar-refractivity contribution < 1.29 is 9.59 Å². The molecule has 0 unspecified atom stereocenters. The number of unbranched alkanes of at least 4 members (excludes halogenated alkanes) is 1. The minimum Gasteiger partial charge on any atom is -0.352 e. The average molecular weight is 384 g/mol. The van der Waals surface area contributed by atoms with Gasteiger partial charge >= 0.3 is 0 Å². The highest BCUT2D eigenvalue weighted by molar-refractivity contribution is 5.94. The summed E-state index contributed by atoms with van der Waals surface area (Å²) in [7, 11) is 0. The molecule has 2 amide bonds. The predicted molar refractivity (Wildman–Crippen MR) is 106 cm³/mol. The van der Waals surface area contributed by atoms with Crippen molar-refractivity contribution >= 4 is 11.8 Å². The quantitative estimate of drug-likeness (QED) is 0.601. The van der Waals surface area contributed by atoms with Gasteiger partial charge < -0.3 is 16.0 Å². The van der Waals surface area contributed by atoms with Crippen LogP contribution in [0.15, 0.2) is 30.5 Å². The van der Waals surface area contributed by atoms with Crippen LogP contribution in [0.4, 0.5) is 0 Å². The molecule has 0 atom stereocenters. The summed E-state index contributed by atoms with van der Waals surface area (Å²) in [6, 6.07) is 7.54. The molecule has 0 saturated carbocycles. The summed E-state index contributed by atoms with van der Waals surface area (Å²) in [6.45, 7) is 5.06. The second kappa shape index (κ2) is 9.98. The molecular formula is C20H28N6O2. The summed E-state index contributed by atoms with van der Waals surface area (Å²) >= 11 is 0. The van der Waals surface area contributed by atoms with E-state index in [4.69, 9.17) is 0 Å². The molecule has 1 aromatic carbocycles. The molecular weight excluding hydrogens is 356 g/mol. The number of piperidine rings is 1. The van der Waals surface area contributed by atoms with Crippen LogP contribution in [0.3, 0.4) is 0 Å². The van der Waals surface area contributed by atoms with Crippen molar-refractivity contribution in [3.8, 4) is 0 Å². The number of nitrogens with zero attached hydrogens (tertiary/aromatic N) is 3. The molecule has 150 valence electrons. The first-order valence-electron chi connectivity index (χ1n) is 9.95. The lowest BCUT2D eigenvalue weighted by atomic mass is 10.1. The number of benzene rings is 1. The Labute approximate surface area is 165 Å². The molecule has 28 heavy (non-hydrogen) atoms. The molecule has 1 aliphatic rings. The lowest BCUT2D eigenvalue weighted by Crippen LogP contribution is -2.29. The van der Waals surface area contributed by atoms with E-state index in [9.17, 15) is 9.59 Å². The largest absolute Gasteiger partial charge is 0.352 e. The number of hydrogen-bond donors (Lipinski definition) is 3.